The average molecular weight is 461 g/mol. The van der Waals surface area contributed by atoms with E-state index in [-0.39, 0.29) is 11.2 Å². The van der Waals surface area contributed by atoms with E-state index < -0.39 is 5.97 Å². The minimum atomic E-state index is -0.408. The molecule has 5 rings (SSSR count). The number of carbonyl (C=O) groups is 1. The summed E-state index contributed by atoms with van der Waals surface area (Å²) in [5.74, 6) is 1.93. The first-order valence-corrected chi connectivity index (χ1v) is 11.4. The lowest BCUT2D eigenvalue weighted by atomic mass is 10.0. The smallest absolute Gasteiger partial charge is 0.321 e. The van der Waals surface area contributed by atoms with Crippen LogP contribution in [0.3, 0.4) is 0 Å². The maximum absolute atomic E-state index is 13.1. The van der Waals surface area contributed by atoms with Crippen molar-refractivity contribution in [1.82, 2.24) is 0 Å². The Labute approximate surface area is 194 Å². The highest BCUT2D eigenvalue weighted by atomic mass is 32.2. The Bertz CT molecular complexity index is 1390. The van der Waals surface area contributed by atoms with Crippen LogP contribution in [-0.4, -0.2) is 24.9 Å². The number of hydrogen-bond donors (Lipinski definition) is 0. The second kappa shape index (κ2) is 9.03. The third kappa shape index (κ3) is 4.45. The Morgan fingerprint density at radius 3 is 2.58 bits per heavy atom. The lowest BCUT2D eigenvalue weighted by molar-refractivity contribution is -0.131. The van der Waals surface area contributed by atoms with Crippen molar-refractivity contribution in [2.24, 2.45) is 0 Å². The summed E-state index contributed by atoms with van der Waals surface area (Å²) in [4.78, 5) is 26.3. The first-order chi connectivity index (χ1) is 16.1. The van der Waals surface area contributed by atoms with E-state index in [1.54, 1.807) is 25.1 Å². The summed E-state index contributed by atoms with van der Waals surface area (Å²) >= 11 is 1.35. The first kappa shape index (κ1) is 21.2. The Hall–Kier alpha value is -3.71. The van der Waals surface area contributed by atoms with Crippen LogP contribution in [0.15, 0.2) is 80.8 Å². The van der Waals surface area contributed by atoms with Gasteiger partial charge < -0.3 is 18.6 Å². The highest BCUT2D eigenvalue weighted by Gasteiger charge is 2.16. The molecule has 1 aliphatic rings. The zero-order valence-electron chi connectivity index (χ0n) is 17.8. The predicted molar refractivity (Wildman–Crippen MR) is 126 cm³/mol. The van der Waals surface area contributed by atoms with Crippen LogP contribution < -0.4 is 19.6 Å². The summed E-state index contributed by atoms with van der Waals surface area (Å²) in [6, 6.07) is 19.8. The van der Waals surface area contributed by atoms with Gasteiger partial charge in [0.15, 0.2) is 11.5 Å². The number of benzene rings is 3. The molecule has 0 amide bonds. The quantitative estimate of drug-likeness (QED) is 0.229. The van der Waals surface area contributed by atoms with Crippen LogP contribution in [0.25, 0.3) is 22.1 Å². The van der Waals surface area contributed by atoms with Gasteiger partial charge in [-0.3, -0.25) is 9.59 Å². The standard InChI is InChI=1S/C26H20O6S/c1-16-25(17-5-3-2-4-6-17)26(28)20-9-7-18(13-22(20)31-16)32-24(27)15-33-19-8-10-21-23(14-19)30-12-11-29-21/h2-10,13-14H,11-12,15H2,1H3. The molecule has 0 spiro atoms. The number of fused-ring (bicyclic) bond motifs is 2. The van der Waals surface area contributed by atoms with Crippen molar-refractivity contribution in [3.63, 3.8) is 0 Å². The highest BCUT2D eigenvalue weighted by Crippen LogP contribution is 2.34. The maximum Gasteiger partial charge on any atom is 0.321 e. The fourth-order valence-corrected chi connectivity index (χ4v) is 4.40. The Kier molecular flexibility index (Phi) is 5.79. The van der Waals surface area contributed by atoms with Gasteiger partial charge in [0.2, 0.25) is 5.43 Å². The molecular weight excluding hydrogens is 440 g/mol. The topological polar surface area (TPSA) is 75.0 Å². The number of hydrogen-bond acceptors (Lipinski definition) is 7. The molecule has 0 saturated carbocycles. The van der Waals surface area contributed by atoms with Gasteiger partial charge in [-0.25, -0.2) is 0 Å². The average Bonchev–Trinajstić information content (AvgIpc) is 2.83. The summed E-state index contributed by atoms with van der Waals surface area (Å²) in [7, 11) is 0. The van der Waals surface area contributed by atoms with Gasteiger partial charge in [-0.05, 0) is 42.8 Å². The molecule has 0 fully saturated rings. The third-order valence-electron chi connectivity index (χ3n) is 5.20. The molecule has 0 radical (unpaired) electrons. The summed E-state index contributed by atoms with van der Waals surface area (Å²) in [5.41, 5.74) is 1.59. The molecule has 0 N–H and O–H groups in total. The van der Waals surface area contributed by atoms with E-state index in [2.05, 4.69) is 0 Å². The van der Waals surface area contributed by atoms with Gasteiger partial charge in [0.05, 0.1) is 16.7 Å². The molecular formula is C26H20O6S. The molecule has 1 aromatic heterocycles. The Morgan fingerprint density at radius 1 is 0.970 bits per heavy atom. The van der Waals surface area contributed by atoms with Gasteiger partial charge >= 0.3 is 5.97 Å². The fraction of sp³-hybridized carbons (Fsp3) is 0.154. The number of esters is 1. The maximum atomic E-state index is 13.1. The monoisotopic (exact) mass is 460 g/mol. The van der Waals surface area contributed by atoms with E-state index in [0.717, 1.165) is 10.5 Å². The SMILES string of the molecule is Cc1oc2cc(OC(=O)CSc3ccc4c(c3)OCCO4)ccc2c(=O)c1-c1ccccc1. The van der Waals surface area contributed by atoms with Crippen molar-refractivity contribution in [2.45, 2.75) is 11.8 Å². The van der Waals surface area contributed by atoms with Crippen LogP contribution in [0.2, 0.25) is 0 Å². The lowest BCUT2D eigenvalue weighted by Crippen LogP contribution is -2.15. The largest absolute Gasteiger partial charge is 0.486 e. The molecule has 0 saturated heterocycles. The van der Waals surface area contributed by atoms with Crippen molar-refractivity contribution in [2.75, 3.05) is 19.0 Å². The lowest BCUT2D eigenvalue weighted by Gasteiger charge is -2.18. The van der Waals surface area contributed by atoms with Crippen molar-refractivity contribution in [1.29, 1.82) is 0 Å². The predicted octanol–water partition coefficient (Wildman–Crippen LogP) is 5.24. The van der Waals surface area contributed by atoms with Crippen LogP contribution in [0, 0.1) is 6.92 Å². The molecule has 0 unspecified atom stereocenters. The van der Waals surface area contributed by atoms with Crippen LogP contribution in [0.5, 0.6) is 17.2 Å². The molecule has 6 nitrogen and oxygen atoms in total. The summed E-state index contributed by atoms with van der Waals surface area (Å²) in [5, 5.41) is 0.435. The second-order valence-electron chi connectivity index (χ2n) is 7.45. The molecule has 0 bridgehead atoms. The Balaban J connectivity index is 1.31. The molecule has 0 aliphatic carbocycles. The van der Waals surface area contributed by atoms with Gasteiger partial charge in [-0.2, -0.15) is 0 Å². The van der Waals surface area contributed by atoms with E-state index in [4.69, 9.17) is 18.6 Å². The normalized spacial score (nSPS) is 12.5. The third-order valence-corrected chi connectivity index (χ3v) is 6.17. The number of carbonyl (C=O) groups excluding carboxylic acids is 1. The molecule has 33 heavy (non-hydrogen) atoms. The van der Waals surface area contributed by atoms with E-state index in [0.29, 0.717) is 52.8 Å². The number of aryl methyl sites for hydroxylation is 1. The van der Waals surface area contributed by atoms with E-state index >= 15 is 0 Å². The number of thioether (sulfide) groups is 1. The van der Waals surface area contributed by atoms with Crippen LogP contribution in [0.1, 0.15) is 5.76 Å². The summed E-state index contributed by atoms with van der Waals surface area (Å²) in [6.45, 7) is 2.80. The minimum absolute atomic E-state index is 0.119. The van der Waals surface area contributed by atoms with Crippen molar-refractivity contribution in [3.05, 3.63) is 82.7 Å². The Morgan fingerprint density at radius 2 is 1.76 bits per heavy atom. The van der Waals surface area contributed by atoms with Gasteiger partial charge in [-0.15, -0.1) is 11.8 Å². The van der Waals surface area contributed by atoms with E-state index in [1.807, 2.05) is 48.5 Å². The first-order valence-electron chi connectivity index (χ1n) is 10.4. The zero-order chi connectivity index (χ0) is 22.8. The molecule has 0 atom stereocenters. The molecule has 3 aromatic carbocycles. The van der Waals surface area contributed by atoms with Crippen molar-refractivity contribution < 1.29 is 23.4 Å². The molecule has 4 aromatic rings. The van der Waals surface area contributed by atoms with Gasteiger partial charge in [0.1, 0.15) is 30.3 Å². The number of ether oxygens (including phenoxy) is 3. The highest BCUT2D eigenvalue weighted by molar-refractivity contribution is 8.00. The van der Waals surface area contributed by atoms with Gasteiger partial charge in [-0.1, -0.05) is 30.3 Å². The van der Waals surface area contributed by atoms with Crippen LogP contribution >= 0.6 is 11.8 Å². The van der Waals surface area contributed by atoms with Gasteiger partial charge in [0.25, 0.3) is 0 Å². The molecule has 7 heteroatoms. The number of rotatable bonds is 5. The zero-order valence-corrected chi connectivity index (χ0v) is 18.6. The van der Waals surface area contributed by atoms with Crippen LogP contribution in [-0.2, 0) is 4.79 Å². The molecule has 2 heterocycles. The minimum Gasteiger partial charge on any atom is -0.486 e. The van der Waals surface area contributed by atoms with Crippen molar-refractivity contribution >= 4 is 28.7 Å². The fourth-order valence-electron chi connectivity index (χ4n) is 3.70. The van der Waals surface area contributed by atoms with E-state index in [9.17, 15) is 9.59 Å². The summed E-state index contributed by atoms with van der Waals surface area (Å²) in [6.07, 6.45) is 0. The molecule has 166 valence electrons. The van der Waals surface area contributed by atoms with E-state index in [1.165, 1.54) is 11.8 Å². The van der Waals surface area contributed by atoms with Crippen LogP contribution in [0.4, 0.5) is 0 Å². The summed E-state index contributed by atoms with van der Waals surface area (Å²) < 4.78 is 22.5. The second-order valence-corrected chi connectivity index (χ2v) is 8.50. The van der Waals surface area contributed by atoms with Gasteiger partial charge in [0, 0.05) is 11.0 Å². The molecule has 1 aliphatic heterocycles. The van der Waals surface area contributed by atoms with Crippen molar-refractivity contribution in [3.8, 4) is 28.4 Å².